The molecular formula is C14H18N6O3. The van der Waals surface area contributed by atoms with Crippen LogP contribution in [-0.4, -0.2) is 53.0 Å². The lowest BCUT2D eigenvalue weighted by Gasteiger charge is -2.27. The van der Waals surface area contributed by atoms with Crippen molar-refractivity contribution in [2.24, 2.45) is 0 Å². The van der Waals surface area contributed by atoms with Crippen LogP contribution >= 0.6 is 0 Å². The van der Waals surface area contributed by atoms with Crippen LogP contribution in [0.15, 0.2) is 18.7 Å². The fraction of sp³-hybridized carbons (Fsp3) is 0.500. The number of hydrogen-bond acceptors (Lipinski definition) is 5. The minimum Gasteiger partial charge on any atom is -0.481 e. The molecule has 0 radical (unpaired) electrons. The van der Waals surface area contributed by atoms with E-state index in [1.807, 2.05) is 10.7 Å². The maximum atomic E-state index is 12.3. The molecule has 1 amide bonds. The highest BCUT2D eigenvalue weighted by Gasteiger charge is 2.22. The van der Waals surface area contributed by atoms with Gasteiger partial charge < -0.3 is 10.0 Å². The van der Waals surface area contributed by atoms with Crippen molar-refractivity contribution in [3.63, 3.8) is 0 Å². The molecule has 0 saturated carbocycles. The number of aromatic nitrogens is 5. The Morgan fingerprint density at radius 1 is 1.26 bits per heavy atom. The molecule has 0 fully saturated rings. The summed E-state index contributed by atoms with van der Waals surface area (Å²) in [5.74, 6) is -0.763. The van der Waals surface area contributed by atoms with Gasteiger partial charge in [0.05, 0.1) is 37.4 Å². The van der Waals surface area contributed by atoms with Crippen LogP contribution in [0.1, 0.15) is 24.2 Å². The highest BCUT2D eigenvalue weighted by atomic mass is 16.4. The summed E-state index contributed by atoms with van der Waals surface area (Å²) in [6.07, 6.45) is 3.89. The van der Waals surface area contributed by atoms with Crippen LogP contribution < -0.4 is 0 Å². The topological polar surface area (TPSA) is 106 Å². The van der Waals surface area contributed by atoms with Crippen molar-refractivity contribution < 1.29 is 14.7 Å². The molecule has 1 aliphatic heterocycles. The molecule has 0 saturated heterocycles. The molecule has 9 nitrogen and oxygen atoms in total. The van der Waals surface area contributed by atoms with Crippen LogP contribution in [0.3, 0.4) is 0 Å². The van der Waals surface area contributed by atoms with Crippen molar-refractivity contribution in [1.29, 1.82) is 0 Å². The summed E-state index contributed by atoms with van der Waals surface area (Å²) in [5, 5.41) is 17.1. The predicted molar refractivity (Wildman–Crippen MR) is 78.2 cm³/mol. The molecule has 1 N–H and O–H groups in total. The van der Waals surface area contributed by atoms with Gasteiger partial charge in [0.25, 0.3) is 0 Å². The second kappa shape index (κ2) is 6.59. The Morgan fingerprint density at radius 3 is 2.87 bits per heavy atom. The molecule has 23 heavy (non-hydrogen) atoms. The summed E-state index contributed by atoms with van der Waals surface area (Å²) >= 11 is 0. The Balaban J connectivity index is 1.56. The minimum atomic E-state index is -0.833. The lowest BCUT2D eigenvalue weighted by atomic mass is 10.2. The van der Waals surface area contributed by atoms with Crippen LogP contribution in [0.5, 0.6) is 0 Å². The fourth-order valence-corrected chi connectivity index (χ4v) is 2.61. The third-order valence-electron chi connectivity index (χ3n) is 3.82. The number of carboxylic acid groups (broad SMARTS) is 1. The molecule has 3 rings (SSSR count). The Bertz CT molecular complexity index is 693. The van der Waals surface area contributed by atoms with Gasteiger partial charge in [-0.3, -0.25) is 19.0 Å². The molecule has 0 aromatic carbocycles. The largest absolute Gasteiger partial charge is 0.481 e. The van der Waals surface area contributed by atoms with Crippen LogP contribution in [-0.2, 0) is 35.6 Å². The highest BCUT2D eigenvalue weighted by molar-refractivity contribution is 5.76. The first kappa shape index (κ1) is 15.2. The molecular weight excluding hydrogens is 300 g/mol. The molecule has 3 heterocycles. The van der Waals surface area contributed by atoms with Gasteiger partial charge in [-0.1, -0.05) is 0 Å². The predicted octanol–water partition coefficient (Wildman–Crippen LogP) is -0.0757. The van der Waals surface area contributed by atoms with Gasteiger partial charge in [0, 0.05) is 19.4 Å². The number of amides is 1. The van der Waals surface area contributed by atoms with Gasteiger partial charge in [0.15, 0.2) is 0 Å². The van der Waals surface area contributed by atoms with Crippen molar-refractivity contribution in [3.8, 4) is 0 Å². The second-order valence-electron chi connectivity index (χ2n) is 5.47. The van der Waals surface area contributed by atoms with Gasteiger partial charge in [-0.2, -0.15) is 10.2 Å². The van der Waals surface area contributed by atoms with Gasteiger partial charge in [-0.15, -0.1) is 0 Å². The van der Waals surface area contributed by atoms with E-state index in [1.165, 1.54) is 6.33 Å². The second-order valence-corrected chi connectivity index (χ2v) is 5.47. The van der Waals surface area contributed by atoms with Crippen molar-refractivity contribution in [1.82, 2.24) is 29.4 Å². The molecule has 0 aliphatic carbocycles. The highest BCUT2D eigenvalue weighted by Crippen LogP contribution is 2.15. The first-order valence-corrected chi connectivity index (χ1v) is 7.49. The SMILES string of the molecule is O=C(O)CCc1cc2n(n1)CCN(C(=O)CCn1cncn1)C2. The number of carbonyl (C=O) groups excluding carboxylic acids is 1. The normalized spacial score (nSPS) is 13.8. The van der Waals surface area contributed by atoms with Gasteiger partial charge in [0.2, 0.25) is 5.91 Å². The zero-order chi connectivity index (χ0) is 16.2. The van der Waals surface area contributed by atoms with E-state index in [-0.39, 0.29) is 12.3 Å². The van der Waals surface area contributed by atoms with Crippen LogP contribution in [0.25, 0.3) is 0 Å². The lowest BCUT2D eigenvalue weighted by Crippen LogP contribution is -2.38. The summed E-state index contributed by atoms with van der Waals surface area (Å²) in [6, 6.07) is 1.89. The molecule has 122 valence electrons. The maximum absolute atomic E-state index is 12.3. The quantitative estimate of drug-likeness (QED) is 0.799. The number of aliphatic carboxylic acids is 1. The van der Waals surface area contributed by atoms with E-state index in [1.54, 1.807) is 15.9 Å². The number of hydrogen-bond donors (Lipinski definition) is 1. The molecule has 0 atom stereocenters. The van der Waals surface area contributed by atoms with Crippen molar-refractivity contribution in [2.45, 2.75) is 38.9 Å². The third-order valence-corrected chi connectivity index (χ3v) is 3.82. The Labute approximate surface area is 132 Å². The van der Waals surface area contributed by atoms with E-state index in [4.69, 9.17) is 5.11 Å². The van der Waals surface area contributed by atoms with E-state index in [0.29, 0.717) is 39.0 Å². The molecule has 2 aromatic rings. The molecule has 0 spiro atoms. The van der Waals surface area contributed by atoms with E-state index < -0.39 is 5.97 Å². The number of rotatable bonds is 6. The first-order chi connectivity index (χ1) is 11.1. The maximum Gasteiger partial charge on any atom is 0.303 e. The summed E-state index contributed by atoms with van der Waals surface area (Å²) in [4.78, 5) is 28.6. The smallest absolute Gasteiger partial charge is 0.303 e. The van der Waals surface area contributed by atoms with Crippen molar-refractivity contribution >= 4 is 11.9 Å². The number of nitrogens with zero attached hydrogens (tertiary/aromatic N) is 6. The van der Waals surface area contributed by atoms with Gasteiger partial charge in [0.1, 0.15) is 12.7 Å². The van der Waals surface area contributed by atoms with Crippen LogP contribution in [0, 0.1) is 0 Å². The monoisotopic (exact) mass is 318 g/mol. The van der Waals surface area contributed by atoms with Crippen molar-refractivity contribution in [3.05, 3.63) is 30.1 Å². The van der Waals surface area contributed by atoms with Crippen molar-refractivity contribution in [2.75, 3.05) is 6.54 Å². The number of carboxylic acids is 1. The van der Waals surface area contributed by atoms with E-state index in [9.17, 15) is 9.59 Å². The lowest BCUT2D eigenvalue weighted by molar-refractivity contribution is -0.137. The van der Waals surface area contributed by atoms with Crippen LogP contribution in [0.2, 0.25) is 0 Å². The Hall–Kier alpha value is -2.71. The average molecular weight is 318 g/mol. The minimum absolute atomic E-state index is 0.0665. The van der Waals surface area contributed by atoms with Crippen LogP contribution in [0.4, 0.5) is 0 Å². The molecule has 2 aromatic heterocycles. The molecule has 1 aliphatic rings. The zero-order valence-electron chi connectivity index (χ0n) is 12.6. The number of aryl methyl sites for hydroxylation is 2. The molecule has 0 bridgehead atoms. The average Bonchev–Trinajstić information content (AvgIpc) is 3.18. The summed E-state index contributed by atoms with van der Waals surface area (Å²) in [5.41, 5.74) is 1.71. The van der Waals surface area contributed by atoms with E-state index in [0.717, 1.165) is 11.4 Å². The van der Waals surface area contributed by atoms with Gasteiger partial charge in [-0.25, -0.2) is 4.98 Å². The van der Waals surface area contributed by atoms with E-state index in [2.05, 4.69) is 15.2 Å². The molecule has 9 heteroatoms. The third kappa shape index (κ3) is 3.74. The standard InChI is InChI=1S/C14H18N6O3/c21-13(3-4-19-10-15-9-16-19)18-5-6-20-12(8-18)7-11(17-20)1-2-14(22)23/h7,9-10H,1-6,8H2,(H,22,23). The Kier molecular flexibility index (Phi) is 4.35. The number of fused-ring (bicyclic) bond motifs is 1. The summed E-state index contributed by atoms with van der Waals surface area (Å²) in [6.45, 7) is 2.27. The van der Waals surface area contributed by atoms with Gasteiger partial charge >= 0.3 is 5.97 Å². The molecule has 0 unspecified atom stereocenters. The summed E-state index contributed by atoms with van der Waals surface area (Å²) < 4.78 is 3.49. The number of carbonyl (C=O) groups is 2. The zero-order valence-corrected chi connectivity index (χ0v) is 12.6. The first-order valence-electron chi connectivity index (χ1n) is 7.49. The van der Waals surface area contributed by atoms with Gasteiger partial charge in [-0.05, 0) is 6.07 Å². The Morgan fingerprint density at radius 2 is 2.13 bits per heavy atom. The fourth-order valence-electron chi connectivity index (χ4n) is 2.61. The van der Waals surface area contributed by atoms with E-state index >= 15 is 0 Å². The summed E-state index contributed by atoms with van der Waals surface area (Å²) in [7, 11) is 0.